The summed E-state index contributed by atoms with van der Waals surface area (Å²) in [6.07, 6.45) is 5.77. The number of nitrogens with one attached hydrogen (secondary N) is 1. The molecule has 1 aromatic carbocycles. The Bertz CT molecular complexity index is 958. The van der Waals surface area contributed by atoms with Crippen molar-refractivity contribution in [3.05, 3.63) is 58.9 Å². The van der Waals surface area contributed by atoms with Gasteiger partial charge in [-0.25, -0.2) is 0 Å². The zero-order chi connectivity index (χ0) is 21.1. The van der Waals surface area contributed by atoms with E-state index in [0.717, 1.165) is 6.42 Å². The van der Waals surface area contributed by atoms with Crippen LogP contribution in [0.1, 0.15) is 46.4 Å². The first-order valence-corrected chi connectivity index (χ1v) is 10.5. The molecule has 7 nitrogen and oxygen atoms in total. The van der Waals surface area contributed by atoms with E-state index >= 15 is 0 Å². The van der Waals surface area contributed by atoms with Crippen molar-refractivity contribution >= 4 is 35.0 Å². The Morgan fingerprint density at radius 2 is 1.93 bits per heavy atom. The van der Waals surface area contributed by atoms with Crippen LogP contribution in [-0.2, 0) is 4.79 Å². The number of carbonyl (C=O) groups excluding carboxylic acids is 3. The van der Waals surface area contributed by atoms with Gasteiger partial charge in [0.05, 0.1) is 16.8 Å². The van der Waals surface area contributed by atoms with Gasteiger partial charge in [0.25, 0.3) is 11.8 Å². The summed E-state index contributed by atoms with van der Waals surface area (Å²) in [4.78, 5) is 45.1. The first-order chi connectivity index (χ1) is 14.5. The van der Waals surface area contributed by atoms with E-state index in [1.807, 2.05) is 0 Å². The molecule has 1 aromatic heterocycles. The second kappa shape index (κ2) is 8.83. The number of rotatable bonds is 4. The average Bonchev–Trinajstić information content (AvgIpc) is 3.20. The Labute approximate surface area is 180 Å². The average molecular weight is 427 g/mol. The zero-order valence-corrected chi connectivity index (χ0v) is 17.3. The van der Waals surface area contributed by atoms with Crippen LogP contribution in [-0.4, -0.2) is 53.3 Å². The summed E-state index contributed by atoms with van der Waals surface area (Å²) >= 11 is 6.14. The Balaban J connectivity index is 1.41. The van der Waals surface area contributed by atoms with Crippen LogP contribution < -0.4 is 10.2 Å². The summed E-state index contributed by atoms with van der Waals surface area (Å²) in [5.74, 6) is -0.248. The number of likely N-dealkylation sites (tertiary alicyclic amines) is 1. The third-order valence-electron chi connectivity index (χ3n) is 5.60. The number of pyridine rings is 1. The van der Waals surface area contributed by atoms with Crippen molar-refractivity contribution in [3.8, 4) is 0 Å². The molecule has 0 spiro atoms. The van der Waals surface area contributed by atoms with Crippen molar-refractivity contribution in [1.82, 2.24) is 15.2 Å². The van der Waals surface area contributed by atoms with Gasteiger partial charge in [-0.3, -0.25) is 19.4 Å². The van der Waals surface area contributed by atoms with E-state index in [-0.39, 0.29) is 23.8 Å². The molecule has 0 bridgehead atoms. The predicted octanol–water partition coefficient (Wildman–Crippen LogP) is 2.90. The number of halogens is 1. The fourth-order valence-corrected chi connectivity index (χ4v) is 4.14. The van der Waals surface area contributed by atoms with Gasteiger partial charge in [0, 0.05) is 49.5 Å². The number of carbonyl (C=O) groups is 3. The summed E-state index contributed by atoms with van der Waals surface area (Å²) in [5, 5.41) is 3.51. The maximum Gasteiger partial charge on any atom is 0.255 e. The molecule has 0 unspecified atom stereocenters. The molecule has 2 aromatic rings. The van der Waals surface area contributed by atoms with E-state index in [2.05, 4.69) is 10.3 Å². The molecule has 3 amide bonds. The topological polar surface area (TPSA) is 82.6 Å². The quantitative estimate of drug-likeness (QED) is 0.814. The third kappa shape index (κ3) is 4.31. The van der Waals surface area contributed by atoms with E-state index in [9.17, 15) is 14.4 Å². The molecule has 0 saturated carbocycles. The lowest BCUT2D eigenvalue weighted by Crippen LogP contribution is -2.46. The second-order valence-corrected chi connectivity index (χ2v) is 8.03. The smallest absolute Gasteiger partial charge is 0.255 e. The van der Waals surface area contributed by atoms with Crippen LogP contribution in [0.3, 0.4) is 0 Å². The van der Waals surface area contributed by atoms with Gasteiger partial charge in [-0.15, -0.1) is 0 Å². The van der Waals surface area contributed by atoms with Gasteiger partial charge in [-0.05, 0) is 49.6 Å². The Hall–Kier alpha value is -2.93. The molecule has 2 saturated heterocycles. The molecule has 2 aliphatic heterocycles. The van der Waals surface area contributed by atoms with E-state index < -0.39 is 0 Å². The minimum absolute atomic E-state index is 0.00611. The molecule has 156 valence electrons. The van der Waals surface area contributed by atoms with Crippen LogP contribution in [0.5, 0.6) is 0 Å². The number of hydrogen-bond donors (Lipinski definition) is 1. The molecule has 3 heterocycles. The number of piperidine rings is 1. The molecule has 2 fully saturated rings. The molecule has 30 heavy (non-hydrogen) atoms. The normalized spacial score (nSPS) is 17.3. The Morgan fingerprint density at radius 3 is 2.60 bits per heavy atom. The van der Waals surface area contributed by atoms with Crippen LogP contribution in [0, 0.1) is 0 Å². The predicted molar refractivity (Wildman–Crippen MR) is 114 cm³/mol. The maximum absolute atomic E-state index is 13.2. The number of benzene rings is 1. The molecular formula is C22H23ClN4O3. The lowest BCUT2D eigenvalue weighted by Gasteiger charge is -2.33. The number of amides is 3. The number of nitrogens with zero attached hydrogens (tertiary/aromatic N) is 3. The highest BCUT2D eigenvalue weighted by molar-refractivity contribution is 6.31. The summed E-state index contributed by atoms with van der Waals surface area (Å²) in [6, 6.07) is 8.53. The largest absolute Gasteiger partial charge is 0.349 e. The molecule has 0 aliphatic carbocycles. The molecule has 4 rings (SSSR count). The number of aromatic nitrogens is 1. The van der Waals surface area contributed by atoms with Crippen LogP contribution in [0.4, 0.5) is 5.69 Å². The van der Waals surface area contributed by atoms with Crippen LogP contribution in [0.25, 0.3) is 0 Å². The highest BCUT2D eigenvalue weighted by atomic mass is 35.5. The Morgan fingerprint density at radius 1 is 1.13 bits per heavy atom. The summed E-state index contributed by atoms with van der Waals surface area (Å²) in [7, 11) is 0. The number of hydrogen-bond acceptors (Lipinski definition) is 4. The zero-order valence-electron chi connectivity index (χ0n) is 16.5. The summed E-state index contributed by atoms with van der Waals surface area (Å²) in [5.41, 5.74) is 1.60. The van der Waals surface area contributed by atoms with Crippen molar-refractivity contribution in [3.63, 3.8) is 0 Å². The fourth-order valence-electron chi connectivity index (χ4n) is 3.97. The summed E-state index contributed by atoms with van der Waals surface area (Å²) in [6.45, 7) is 1.67. The monoisotopic (exact) mass is 426 g/mol. The van der Waals surface area contributed by atoms with Crippen molar-refractivity contribution in [2.24, 2.45) is 0 Å². The van der Waals surface area contributed by atoms with Crippen molar-refractivity contribution in [2.45, 2.75) is 31.7 Å². The van der Waals surface area contributed by atoms with Crippen molar-refractivity contribution < 1.29 is 14.4 Å². The van der Waals surface area contributed by atoms with E-state index in [1.165, 1.54) is 6.20 Å². The van der Waals surface area contributed by atoms with Crippen molar-refractivity contribution in [2.75, 3.05) is 24.5 Å². The molecule has 0 radical (unpaired) electrons. The van der Waals surface area contributed by atoms with E-state index in [4.69, 9.17) is 11.6 Å². The first kappa shape index (κ1) is 20.3. The fraction of sp³-hybridized carbons (Fsp3) is 0.364. The highest BCUT2D eigenvalue weighted by Gasteiger charge is 2.30. The van der Waals surface area contributed by atoms with E-state index in [1.54, 1.807) is 46.3 Å². The highest BCUT2D eigenvalue weighted by Crippen LogP contribution is 2.30. The lowest BCUT2D eigenvalue weighted by atomic mass is 10.0. The van der Waals surface area contributed by atoms with Gasteiger partial charge in [-0.1, -0.05) is 11.6 Å². The molecule has 0 atom stereocenters. The second-order valence-electron chi connectivity index (χ2n) is 7.59. The summed E-state index contributed by atoms with van der Waals surface area (Å²) < 4.78 is 0. The van der Waals surface area contributed by atoms with Crippen LogP contribution in [0.15, 0.2) is 42.7 Å². The molecule has 2 aliphatic rings. The molecular weight excluding hydrogens is 404 g/mol. The Kier molecular flexibility index (Phi) is 5.99. The third-order valence-corrected chi connectivity index (χ3v) is 5.83. The SMILES string of the molecule is O=C(NC1CCN(C(=O)c2ccc(Cl)cc2N2CCCC2=O)CC1)c1cccnc1. The van der Waals surface area contributed by atoms with Gasteiger partial charge < -0.3 is 15.1 Å². The maximum atomic E-state index is 13.2. The molecule has 8 heteroatoms. The lowest BCUT2D eigenvalue weighted by molar-refractivity contribution is -0.117. The standard InChI is InChI=1S/C22H23ClN4O3/c23-16-5-6-18(19(13-16)27-10-2-4-20(27)28)22(30)26-11-7-17(8-12-26)25-21(29)15-3-1-9-24-14-15/h1,3,5-6,9,13-14,17H,2,4,7-8,10-12H2,(H,25,29). The van der Waals surface area contributed by atoms with Gasteiger partial charge >= 0.3 is 0 Å². The van der Waals surface area contributed by atoms with Gasteiger partial charge in [0.2, 0.25) is 5.91 Å². The minimum Gasteiger partial charge on any atom is -0.349 e. The first-order valence-electron chi connectivity index (χ1n) is 10.1. The minimum atomic E-state index is -0.152. The van der Waals surface area contributed by atoms with Gasteiger partial charge in [0.15, 0.2) is 0 Å². The van der Waals surface area contributed by atoms with Gasteiger partial charge in [0.1, 0.15) is 0 Å². The van der Waals surface area contributed by atoms with E-state index in [0.29, 0.717) is 60.7 Å². The molecule has 1 N–H and O–H groups in total. The number of anilines is 1. The van der Waals surface area contributed by atoms with Crippen LogP contribution in [0.2, 0.25) is 5.02 Å². The van der Waals surface area contributed by atoms with Crippen LogP contribution >= 0.6 is 11.6 Å². The van der Waals surface area contributed by atoms with Gasteiger partial charge in [-0.2, -0.15) is 0 Å². The van der Waals surface area contributed by atoms with Crippen molar-refractivity contribution in [1.29, 1.82) is 0 Å².